The first-order valence-corrected chi connectivity index (χ1v) is 17.5. The molecule has 0 N–H and O–H groups in total. The van der Waals surface area contributed by atoms with Gasteiger partial charge in [0.25, 0.3) is 0 Å². The largest absolute Gasteiger partial charge is 0.0713 e. The maximum absolute atomic E-state index is 2.47. The third-order valence-electron chi connectivity index (χ3n) is 10.5. The normalized spacial score (nSPS) is 12.7. The van der Waals surface area contributed by atoms with Gasteiger partial charge in [-0.1, -0.05) is 206 Å². The van der Waals surface area contributed by atoms with E-state index in [-0.39, 0.29) is 5.92 Å². The minimum absolute atomic E-state index is 0.0607. The highest BCUT2D eigenvalue weighted by atomic mass is 14.5. The van der Waals surface area contributed by atoms with Crippen LogP contribution >= 0.6 is 0 Å². The second kappa shape index (κ2) is 12.7. The van der Waals surface area contributed by atoms with Crippen LogP contribution in [0.2, 0.25) is 0 Å². The number of hydrogen-bond donors (Lipinski definition) is 0. The van der Waals surface area contributed by atoms with Crippen LogP contribution in [0, 0.1) is 0 Å². The number of benzene rings is 8. The summed E-state index contributed by atoms with van der Waals surface area (Å²) >= 11 is 0. The van der Waals surface area contributed by atoms with Gasteiger partial charge in [-0.25, -0.2) is 0 Å². The third kappa shape index (κ3) is 5.00. The summed E-state index contributed by atoms with van der Waals surface area (Å²) in [7, 11) is 0. The summed E-state index contributed by atoms with van der Waals surface area (Å²) in [4.78, 5) is 0. The van der Waals surface area contributed by atoms with Crippen molar-refractivity contribution in [3.63, 3.8) is 0 Å². The van der Waals surface area contributed by atoms with Crippen LogP contribution in [0.4, 0.5) is 0 Å². The SMILES string of the molecule is c1ccc(-c2ccc(C(c3ccc(-c4ccccc4)cc3)c3ccc4c(c3)-c3ccccc3C4(c3ccccc3)c3ccccc3)cc2)cc1. The van der Waals surface area contributed by atoms with Crippen molar-refractivity contribution in [2.75, 3.05) is 0 Å². The molecule has 0 saturated heterocycles. The molecule has 0 unspecified atom stereocenters. The third-order valence-corrected chi connectivity index (χ3v) is 10.5. The van der Waals surface area contributed by atoms with E-state index in [4.69, 9.17) is 0 Å². The zero-order valence-electron chi connectivity index (χ0n) is 27.8. The second-order valence-electron chi connectivity index (χ2n) is 13.2. The van der Waals surface area contributed by atoms with E-state index in [2.05, 4.69) is 212 Å². The van der Waals surface area contributed by atoms with E-state index >= 15 is 0 Å². The van der Waals surface area contributed by atoms with Crippen molar-refractivity contribution in [2.24, 2.45) is 0 Å². The Morgan fingerprint density at radius 2 is 0.660 bits per heavy atom. The van der Waals surface area contributed by atoms with Gasteiger partial charge in [0, 0.05) is 5.92 Å². The Morgan fingerprint density at radius 3 is 1.16 bits per heavy atom. The van der Waals surface area contributed by atoms with Crippen LogP contribution in [0.3, 0.4) is 0 Å². The maximum Gasteiger partial charge on any atom is 0.0713 e. The standard InChI is InChI=1S/C50H36/c1-5-15-36(16-6-1)38-25-29-40(30-26-38)49(41-31-27-39(28-32-41)37-17-7-2-8-18-37)42-33-34-48-46(35-42)45-23-13-14-24-47(45)50(48,43-19-9-3-10-20-43)44-21-11-4-12-22-44/h1-35,49H. The summed E-state index contributed by atoms with van der Waals surface area (Å²) in [6.45, 7) is 0. The minimum atomic E-state index is -0.406. The Bertz CT molecular complexity index is 2250. The van der Waals surface area contributed by atoms with E-state index in [1.165, 1.54) is 72.3 Å². The molecule has 50 heavy (non-hydrogen) atoms. The highest BCUT2D eigenvalue weighted by Crippen LogP contribution is 2.56. The van der Waals surface area contributed by atoms with E-state index in [0.717, 1.165) is 0 Å². The van der Waals surface area contributed by atoms with Crippen molar-refractivity contribution < 1.29 is 0 Å². The monoisotopic (exact) mass is 636 g/mol. The fourth-order valence-electron chi connectivity index (χ4n) is 8.22. The number of hydrogen-bond acceptors (Lipinski definition) is 0. The zero-order valence-corrected chi connectivity index (χ0v) is 27.8. The molecule has 9 rings (SSSR count). The molecule has 0 heteroatoms. The van der Waals surface area contributed by atoms with Gasteiger partial charge in [0.05, 0.1) is 5.41 Å². The van der Waals surface area contributed by atoms with Gasteiger partial charge in [-0.2, -0.15) is 0 Å². The Kier molecular flexibility index (Phi) is 7.56. The van der Waals surface area contributed by atoms with E-state index < -0.39 is 5.41 Å². The molecule has 0 aliphatic heterocycles. The van der Waals surface area contributed by atoms with Gasteiger partial charge < -0.3 is 0 Å². The lowest BCUT2D eigenvalue weighted by molar-refractivity contribution is 0.767. The topological polar surface area (TPSA) is 0 Å². The van der Waals surface area contributed by atoms with Gasteiger partial charge in [-0.05, 0) is 78.4 Å². The first-order valence-electron chi connectivity index (χ1n) is 17.5. The first kappa shape index (κ1) is 29.9. The fourth-order valence-corrected chi connectivity index (χ4v) is 8.22. The van der Waals surface area contributed by atoms with Gasteiger partial charge in [-0.15, -0.1) is 0 Å². The summed E-state index contributed by atoms with van der Waals surface area (Å²) in [6.07, 6.45) is 0. The Balaban J connectivity index is 1.23. The Hall–Kier alpha value is -6.24. The van der Waals surface area contributed by atoms with Crippen molar-refractivity contribution in [1.29, 1.82) is 0 Å². The molecule has 0 amide bonds. The summed E-state index contributed by atoms with van der Waals surface area (Å²) < 4.78 is 0. The Morgan fingerprint density at radius 1 is 0.280 bits per heavy atom. The van der Waals surface area contributed by atoms with Crippen LogP contribution in [0.5, 0.6) is 0 Å². The second-order valence-corrected chi connectivity index (χ2v) is 13.2. The van der Waals surface area contributed by atoms with Gasteiger partial charge in [0.15, 0.2) is 0 Å². The molecular weight excluding hydrogens is 601 g/mol. The van der Waals surface area contributed by atoms with Gasteiger partial charge in [0.2, 0.25) is 0 Å². The molecule has 0 aromatic heterocycles. The van der Waals surface area contributed by atoms with Gasteiger partial charge in [0.1, 0.15) is 0 Å². The average Bonchev–Trinajstić information content (AvgIpc) is 3.50. The van der Waals surface area contributed by atoms with Gasteiger partial charge >= 0.3 is 0 Å². The maximum atomic E-state index is 2.47. The summed E-state index contributed by atoms with van der Waals surface area (Å²) in [5.74, 6) is 0.0607. The molecule has 1 aliphatic carbocycles. The summed E-state index contributed by atoms with van der Waals surface area (Å²) in [6, 6.07) is 78.0. The van der Waals surface area contributed by atoms with Crippen LogP contribution in [-0.4, -0.2) is 0 Å². The highest BCUT2D eigenvalue weighted by molar-refractivity contribution is 5.87. The predicted octanol–water partition coefficient (Wildman–Crippen LogP) is 12.6. The molecule has 0 fully saturated rings. The molecule has 236 valence electrons. The molecule has 1 aliphatic rings. The van der Waals surface area contributed by atoms with Crippen LogP contribution in [0.1, 0.15) is 44.9 Å². The average molecular weight is 637 g/mol. The number of rotatable bonds is 7. The molecule has 8 aromatic rings. The molecule has 8 aromatic carbocycles. The first-order chi connectivity index (χ1) is 24.8. The van der Waals surface area contributed by atoms with Crippen molar-refractivity contribution >= 4 is 0 Å². The molecule has 0 radical (unpaired) electrons. The van der Waals surface area contributed by atoms with Crippen LogP contribution < -0.4 is 0 Å². The molecule has 0 atom stereocenters. The molecule has 0 heterocycles. The van der Waals surface area contributed by atoms with Gasteiger partial charge in [-0.3, -0.25) is 0 Å². The molecular formula is C50H36. The van der Waals surface area contributed by atoms with E-state index in [9.17, 15) is 0 Å². The lowest BCUT2D eigenvalue weighted by Gasteiger charge is -2.34. The Labute approximate surface area is 295 Å². The van der Waals surface area contributed by atoms with E-state index in [1.807, 2.05) is 0 Å². The molecule has 0 bridgehead atoms. The molecule has 0 spiro atoms. The molecule has 0 saturated carbocycles. The van der Waals surface area contributed by atoms with Crippen molar-refractivity contribution in [2.45, 2.75) is 11.3 Å². The van der Waals surface area contributed by atoms with Crippen molar-refractivity contribution in [3.8, 4) is 33.4 Å². The van der Waals surface area contributed by atoms with Crippen molar-refractivity contribution in [1.82, 2.24) is 0 Å². The van der Waals surface area contributed by atoms with Crippen LogP contribution in [0.15, 0.2) is 212 Å². The summed E-state index contributed by atoms with van der Waals surface area (Å²) in [5, 5.41) is 0. The molecule has 0 nitrogen and oxygen atoms in total. The lowest BCUT2D eigenvalue weighted by Crippen LogP contribution is -2.28. The lowest BCUT2D eigenvalue weighted by atomic mass is 9.67. The highest BCUT2D eigenvalue weighted by Gasteiger charge is 2.46. The summed E-state index contributed by atoms with van der Waals surface area (Å²) in [5.41, 5.74) is 16.2. The van der Waals surface area contributed by atoms with E-state index in [1.54, 1.807) is 0 Å². The quantitative estimate of drug-likeness (QED) is 0.153. The minimum Gasteiger partial charge on any atom is -0.0622 e. The fraction of sp³-hybridized carbons (Fsp3) is 0.0400. The van der Waals surface area contributed by atoms with Crippen LogP contribution in [0.25, 0.3) is 33.4 Å². The zero-order chi connectivity index (χ0) is 33.3. The van der Waals surface area contributed by atoms with Crippen LogP contribution in [-0.2, 0) is 5.41 Å². The predicted molar refractivity (Wildman–Crippen MR) is 208 cm³/mol. The van der Waals surface area contributed by atoms with Crippen molar-refractivity contribution in [3.05, 3.63) is 251 Å². The smallest absolute Gasteiger partial charge is 0.0622 e. The van der Waals surface area contributed by atoms with E-state index in [0.29, 0.717) is 0 Å². The number of fused-ring (bicyclic) bond motifs is 3.